The fourth-order valence-electron chi connectivity index (χ4n) is 2.23. The zero-order valence-corrected chi connectivity index (χ0v) is 10.4. The Morgan fingerprint density at radius 3 is 2.85 bits per heavy atom. The number of anilines is 1. The number of hydrogen-bond donors (Lipinski definition) is 1. The molecule has 1 aromatic carbocycles. The first kappa shape index (κ1) is 12.2. The molecule has 1 aliphatic rings. The molecule has 100 valence electrons. The Hall–Kier alpha value is -2.83. The van der Waals surface area contributed by atoms with Crippen LogP contribution in [0.15, 0.2) is 24.4 Å². The van der Waals surface area contributed by atoms with Crippen molar-refractivity contribution in [2.45, 2.75) is 6.42 Å². The van der Waals surface area contributed by atoms with Gasteiger partial charge >= 0.3 is 6.03 Å². The fraction of sp³-hybridized carbons (Fsp3) is 0.154. The summed E-state index contributed by atoms with van der Waals surface area (Å²) in [7, 11) is 0. The standard InChI is InChI=1S/C13H10N4O3/c18-7-10-8-2-1-3-11(9(8)6-14-16-10)17-5-4-12(19)15-13(17)20/h1-3,6-7H,4-5H2,(H,15,19,20). The molecule has 7 heteroatoms. The first-order valence-electron chi connectivity index (χ1n) is 6.01. The van der Waals surface area contributed by atoms with Gasteiger partial charge in [-0.25, -0.2) is 4.79 Å². The molecular formula is C13H10N4O3. The number of aldehydes is 1. The number of nitrogens with zero attached hydrogens (tertiary/aromatic N) is 3. The van der Waals surface area contributed by atoms with Crippen molar-refractivity contribution in [3.8, 4) is 0 Å². The van der Waals surface area contributed by atoms with E-state index >= 15 is 0 Å². The minimum Gasteiger partial charge on any atom is -0.296 e. The Kier molecular flexibility index (Phi) is 2.86. The second kappa shape index (κ2) is 4.69. The molecule has 0 bridgehead atoms. The van der Waals surface area contributed by atoms with Crippen LogP contribution in [0.25, 0.3) is 10.8 Å². The maximum absolute atomic E-state index is 11.9. The number of aromatic nitrogens is 2. The third-order valence-electron chi connectivity index (χ3n) is 3.17. The van der Waals surface area contributed by atoms with E-state index in [1.807, 2.05) is 0 Å². The summed E-state index contributed by atoms with van der Waals surface area (Å²) in [4.78, 5) is 35.5. The first-order chi connectivity index (χ1) is 9.70. The lowest BCUT2D eigenvalue weighted by Gasteiger charge is -2.27. The second-order valence-corrected chi connectivity index (χ2v) is 4.34. The van der Waals surface area contributed by atoms with Gasteiger partial charge in [-0.2, -0.15) is 5.10 Å². The van der Waals surface area contributed by atoms with Crippen molar-refractivity contribution in [3.05, 3.63) is 30.1 Å². The molecule has 1 aromatic heterocycles. The second-order valence-electron chi connectivity index (χ2n) is 4.34. The molecule has 0 unspecified atom stereocenters. The molecule has 0 atom stereocenters. The van der Waals surface area contributed by atoms with Gasteiger partial charge in [0.1, 0.15) is 5.69 Å². The van der Waals surface area contributed by atoms with Crippen molar-refractivity contribution < 1.29 is 14.4 Å². The molecule has 2 heterocycles. The molecule has 1 aliphatic heterocycles. The lowest BCUT2D eigenvalue weighted by Crippen LogP contribution is -2.49. The van der Waals surface area contributed by atoms with Crippen LogP contribution in [0.2, 0.25) is 0 Å². The van der Waals surface area contributed by atoms with Crippen molar-refractivity contribution in [3.63, 3.8) is 0 Å². The Balaban J connectivity index is 2.15. The van der Waals surface area contributed by atoms with Crippen LogP contribution in [0.4, 0.5) is 10.5 Å². The predicted molar refractivity (Wildman–Crippen MR) is 70.4 cm³/mol. The van der Waals surface area contributed by atoms with Crippen LogP contribution < -0.4 is 10.2 Å². The van der Waals surface area contributed by atoms with Crippen LogP contribution in [-0.4, -0.2) is 35.0 Å². The van der Waals surface area contributed by atoms with Gasteiger partial charge in [0.15, 0.2) is 6.29 Å². The van der Waals surface area contributed by atoms with Crippen LogP contribution in [0.1, 0.15) is 16.9 Å². The zero-order valence-electron chi connectivity index (χ0n) is 10.4. The van der Waals surface area contributed by atoms with Gasteiger partial charge in [0.2, 0.25) is 5.91 Å². The highest BCUT2D eigenvalue weighted by Gasteiger charge is 2.25. The molecule has 20 heavy (non-hydrogen) atoms. The maximum Gasteiger partial charge on any atom is 0.328 e. The van der Waals surface area contributed by atoms with Crippen LogP contribution in [0.5, 0.6) is 0 Å². The third kappa shape index (κ3) is 1.89. The van der Waals surface area contributed by atoms with Gasteiger partial charge in [0.05, 0.1) is 11.9 Å². The molecule has 7 nitrogen and oxygen atoms in total. The average molecular weight is 270 g/mol. The van der Waals surface area contributed by atoms with Gasteiger partial charge in [-0.3, -0.25) is 19.8 Å². The number of imide groups is 1. The fourth-order valence-corrected chi connectivity index (χ4v) is 2.23. The number of carbonyl (C=O) groups is 3. The smallest absolute Gasteiger partial charge is 0.296 e. The van der Waals surface area contributed by atoms with Gasteiger partial charge in [0.25, 0.3) is 0 Å². The van der Waals surface area contributed by atoms with Crippen molar-refractivity contribution in [2.24, 2.45) is 0 Å². The highest BCUT2D eigenvalue weighted by molar-refractivity contribution is 6.11. The largest absolute Gasteiger partial charge is 0.328 e. The summed E-state index contributed by atoms with van der Waals surface area (Å²) < 4.78 is 0. The number of rotatable bonds is 2. The molecule has 1 saturated heterocycles. The van der Waals surface area contributed by atoms with Crippen LogP contribution in [0, 0.1) is 0 Å². The van der Waals surface area contributed by atoms with Gasteiger partial charge in [-0.05, 0) is 6.07 Å². The molecule has 0 spiro atoms. The Morgan fingerprint density at radius 2 is 2.10 bits per heavy atom. The van der Waals surface area contributed by atoms with Crippen molar-refractivity contribution in [2.75, 3.05) is 11.4 Å². The lowest BCUT2D eigenvalue weighted by atomic mass is 10.1. The Bertz CT molecular complexity index is 729. The zero-order chi connectivity index (χ0) is 14.1. The number of hydrogen-bond acceptors (Lipinski definition) is 5. The molecule has 2 aromatic rings. The van der Waals surface area contributed by atoms with E-state index in [2.05, 4.69) is 15.5 Å². The van der Waals surface area contributed by atoms with E-state index in [1.165, 1.54) is 11.1 Å². The topological polar surface area (TPSA) is 92.3 Å². The molecule has 3 amide bonds. The summed E-state index contributed by atoms with van der Waals surface area (Å²) in [5.74, 6) is -0.292. The van der Waals surface area contributed by atoms with Gasteiger partial charge in [0, 0.05) is 23.7 Å². The lowest BCUT2D eigenvalue weighted by molar-refractivity contribution is -0.120. The number of urea groups is 1. The SMILES string of the molecule is O=Cc1nncc2c(N3CCC(=O)NC3=O)cccc12. The van der Waals surface area contributed by atoms with Crippen LogP contribution in [0.3, 0.4) is 0 Å². The summed E-state index contributed by atoms with van der Waals surface area (Å²) in [5.41, 5.74) is 0.823. The third-order valence-corrected chi connectivity index (χ3v) is 3.17. The summed E-state index contributed by atoms with van der Waals surface area (Å²) in [6.45, 7) is 0.294. The van der Waals surface area contributed by atoms with Crippen molar-refractivity contribution in [1.82, 2.24) is 15.5 Å². The van der Waals surface area contributed by atoms with E-state index in [9.17, 15) is 14.4 Å². The molecule has 0 saturated carbocycles. The summed E-state index contributed by atoms with van der Waals surface area (Å²) in [5, 5.41) is 11.1. The van der Waals surface area contributed by atoms with E-state index in [-0.39, 0.29) is 18.0 Å². The van der Waals surface area contributed by atoms with E-state index in [0.29, 0.717) is 29.3 Å². The molecule has 1 fully saturated rings. The molecule has 3 rings (SSSR count). The predicted octanol–water partition coefficient (Wildman–Crippen LogP) is 0.889. The molecular weight excluding hydrogens is 260 g/mol. The van der Waals surface area contributed by atoms with Gasteiger partial charge in [-0.1, -0.05) is 12.1 Å². The van der Waals surface area contributed by atoms with Gasteiger partial charge < -0.3 is 0 Å². The summed E-state index contributed by atoms with van der Waals surface area (Å²) >= 11 is 0. The normalized spacial score (nSPS) is 15.3. The first-order valence-corrected chi connectivity index (χ1v) is 6.01. The number of carbonyl (C=O) groups excluding carboxylic acids is 3. The Labute approximate surface area is 113 Å². The minimum atomic E-state index is -0.474. The van der Waals surface area contributed by atoms with Crippen LogP contribution in [-0.2, 0) is 4.79 Å². The maximum atomic E-state index is 11.9. The molecule has 0 aliphatic carbocycles. The highest BCUT2D eigenvalue weighted by atomic mass is 16.2. The van der Waals surface area contributed by atoms with Crippen LogP contribution >= 0.6 is 0 Å². The van der Waals surface area contributed by atoms with E-state index < -0.39 is 6.03 Å². The summed E-state index contributed by atoms with van der Waals surface area (Å²) in [6.07, 6.45) is 2.36. The average Bonchev–Trinajstić information content (AvgIpc) is 2.46. The summed E-state index contributed by atoms with van der Waals surface area (Å²) in [6, 6.07) is 4.74. The Morgan fingerprint density at radius 1 is 1.25 bits per heavy atom. The van der Waals surface area contributed by atoms with E-state index in [4.69, 9.17) is 0 Å². The monoisotopic (exact) mass is 270 g/mol. The molecule has 1 N–H and O–H groups in total. The van der Waals surface area contributed by atoms with Crippen molar-refractivity contribution >= 4 is 34.7 Å². The highest BCUT2D eigenvalue weighted by Crippen LogP contribution is 2.28. The number of nitrogens with one attached hydrogen (secondary N) is 1. The van der Waals surface area contributed by atoms with E-state index in [1.54, 1.807) is 18.2 Å². The minimum absolute atomic E-state index is 0.220. The van der Waals surface area contributed by atoms with Gasteiger partial charge in [-0.15, -0.1) is 5.10 Å². The number of amides is 3. The number of benzene rings is 1. The quantitative estimate of drug-likeness (QED) is 0.818. The van der Waals surface area contributed by atoms with E-state index in [0.717, 1.165) is 0 Å². The molecule has 0 radical (unpaired) electrons. The number of fused-ring (bicyclic) bond motifs is 1. The van der Waals surface area contributed by atoms with Crippen molar-refractivity contribution in [1.29, 1.82) is 0 Å².